The molecule has 6 nitrogen and oxygen atoms in total. The van der Waals surface area contributed by atoms with Gasteiger partial charge in [-0.25, -0.2) is 0 Å². The summed E-state index contributed by atoms with van der Waals surface area (Å²) in [4.78, 5) is 31.8. The molecular weight excluding hydrogens is 376 g/mol. The third-order valence-corrected chi connectivity index (χ3v) is 6.16. The van der Waals surface area contributed by atoms with E-state index in [1.54, 1.807) is 0 Å². The number of amides is 2. The van der Waals surface area contributed by atoms with Gasteiger partial charge < -0.3 is 10.2 Å². The van der Waals surface area contributed by atoms with Crippen molar-refractivity contribution >= 4 is 17.5 Å². The van der Waals surface area contributed by atoms with Crippen LogP contribution in [-0.4, -0.2) is 78.4 Å². The van der Waals surface area contributed by atoms with E-state index in [9.17, 15) is 9.59 Å². The number of rotatable bonds is 10. The highest BCUT2D eigenvalue weighted by Gasteiger charge is 2.32. The molecule has 1 saturated heterocycles. The van der Waals surface area contributed by atoms with Crippen LogP contribution in [0.25, 0.3) is 0 Å². The van der Waals surface area contributed by atoms with Gasteiger partial charge in [-0.1, -0.05) is 39.0 Å². The van der Waals surface area contributed by atoms with Gasteiger partial charge in [-0.2, -0.15) is 0 Å². The first-order chi connectivity index (χ1) is 14.5. The Kier molecular flexibility index (Phi) is 8.28. The first kappa shape index (κ1) is 22.8. The molecule has 1 N–H and O–H groups in total. The molecule has 0 unspecified atom stereocenters. The molecule has 30 heavy (non-hydrogen) atoms. The second-order valence-corrected chi connectivity index (χ2v) is 9.10. The molecule has 2 aliphatic rings. The van der Waals surface area contributed by atoms with Gasteiger partial charge in [0.2, 0.25) is 11.8 Å². The van der Waals surface area contributed by atoms with Crippen molar-refractivity contribution in [3.8, 4) is 0 Å². The van der Waals surface area contributed by atoms with E-state index in [1.807, 2.05) is 29.2 Å². The van der Waals surface area contributed by atoms with E-state index in [2.05, 4.69) is 35.9 Å². The summed E-state index contributed by atoms with van der Waals surface area (Å²) in [6.45, 7) is 11.4. The van der Waals surface area contributed by atoms with E-state index in [-0.39, 0.29) is 11.8 Å². The minimum absolute atomic E-state index is 0.0178. The summed E-state index contributed by atoms with van der Waals surface area (Å²) < 4.78 is 0. The highest BCUT2D eigenvalue weighted by molar-refractivity contribution is 5.93. The van der Waals surface area contributed by atoms with Crippen LogP contribution in [0.4, 0.5) is 5.69 Å². The van der Waals surface area contributed by atoms with Gasteiger partial charge in [-0.15, -0.1) is 0 Å². The van der Waals surface area contributed by atoms with Crippen LogP contribution >= 0.6 is 0 Å². The maximum Gasteiger partial charge on any atom is 0.238 e. The van der Waals surface area contributed by atoms with Crippen LogP contribution in [0, 0.1) is 5.92 Å². The van der Waals surface area contributed by atoms with Crippen LogP contribution < -0.4 is 5.32 Å². The Morgan fingerprint density at radius 1 is 1.13 bits per heavy atom. The molecule has 0 atom stereocenters. The molecule has 1 heterocycles. The van der Waals surface area contributed by atoms with Crippen molar-refractivity contribution in [3.63, 3.8) is 0 Å². The van der Waals surface area contributed by atoms with Gasteiger partial charge in [0.15, 0.2) is 0 Å². The lowest BCUT2D eigenvalue weighted by atomic mass is 10.1. The normalized spacial score (nSPS) is 17.6. The predicted molar refractivity (Wildman–Crippen MR) is 122 cm³/mol. The lowest BCUT2D eigenvalue weighted by Gasteiger charge is -2.35. The number of benzene rings is 1. The van der Waals surface area contributed by atoms with Gasteiger partial charge in [0.25, 0.3) is 0 Å². The van der Waals surface area contributed by atoms with Crippen molar-refractivity contribution in [2.24, 2.45) is 5.92 Å². The summed E-state index contributed by atoms with van der Waals surface area (Å²) in [7, 11) is 0. The van der Waals surface area contributed by atoms with E-state index in [4.69, 9.17) is 0 Å². The van der Waals surface area contributed by atoms with Crippen LogP contribution in [0.1, 0.15) is 45.6 Å². The molecule has 1 aliphatic carbocycles. The first-order valence-electron chi connectivity index (χ1n) is 11.6. The van der Waals surface area contributed by atoms with Crippen LogP contribution in [0.15, 0.2) is 24.3 Å². The summed E-state index contributed by atoms with van der Waals surface area (Å²) in [5.41, 5.74) is 2.05. The minimum Gasteiger partial charge on any atom is -0.339 e. The van der Waals surface area contributed by atoms with Gasteiger partial charge in [0.1, 0.15) is 0 Å². The third kappa shape index (κ3) is 6.81. The molecule has 2 fully saturated rings. The monoisotopic (exact) mass is 414 g/mol. The fraction of sp³-hybridized carbons (Fsp3) is 0.667. The smallest absolute Gasteiger partial charge is 0.238 e. The fourth-order valence-corrected chi connectivity index (χ4v) is 4.03. The lowest BCUT2D eigenvalue weighted by Crippen LogP contribution is -2.52. The quantitative estimate of drug-likeness (QED) is 0.640. The van der Waals surface area contributed by atoms with E-state index in [1.165, 1.54) is 12.8 Å². The van der Waals surface area contributed by atoms with Crippen molar-refractivity contribution < 1.29 is 9.59 Å². The first-order valence-corrected chi connectivity index (χ1v) is 11.6. The number of anilines is 1. The summed E-state index contributed by atoms with van der Waals surface area (Å²) in [6, 6.07) is 8.57. The van der Waals surface area contributed by atoms with Crippen LogP contribution in [-0.2, 0) is 16.0 Å². The highest BCUT2D eigenvalue weighted by Crippen LogP contribution is 2.27. The maximum absolute atomic E-state index is 12.8. The maximum atomic E-state index is 12.8. The molecule has 2 amide bonds. The number of carbonyl (C=O) groups excluding carboxylic acids is 2. The van der Waals surface area contributed by atoms with E-state index in [0.29, 0.717) is 38.1 Å². The van der Waals surface area contributed by atoms with Crippen molar-refractivity contribution in [1.29, 1.82) is 0 Å². The van der Waals surface area contributed by atoms with Gasteiger partial charge in [-0.3, -0.25) is 19.4 Å². The summed E-state index contributed by atoms with van der Waals surface area (Å²) in [5.74, 6) is 0.927. The zero-order valence-electron chi connectivity index (χ0n) is 18.9. The summed E-state index contributed by atoms with van der Waals surface area (Å²) in [5, 5.41) is 3.04. The molecule has 166 valence electrons. The largest absolute Gasteiger partial charge is 0.339 e. The fourth-order valence-electron chi connectivity index (χ4n) is 4.03. The molecule has 1 aromatic rings. The molecule has 1 aliphatic heterocycles. The Labute approximate surface area is 181 Å². The Balaban J connectivity index is 1.41. The molecular formula is C24H38N4O2. The van der Waals surface area contributed by atoms with E-state index < -0.39 is 0 Å². The number of nitrogens with zero attached hydrogens (tertiary/aromatic N) is 3. The average Bonchev–Trinajstić information content (AvgIpc) is 3.57. The topological polar surface area (TPSA) is 55.9 Å². The Morgan fingerprint density at radius 2 is 1.83 bits per heavy atom. The molecule has 3 rings (SSSR count). The molecule has 0 aromatic heterocycles. The van der Waals surface area contributed by atoms with E-state index >= 15 is 0 Å². The SMILES string of the molecule is CCc1ccccc1NC(=O)CN1CCN(C(=O)CN(CCC(C)C)C2CC2)CC1. The van der Waals surface area contributed by atoms with E-state index in [0.717, 1.165) is 43.7 Å². The second kappa shape index (κ2) is 10.9. The lowest BCUT2D eigenvalue weighted by molar-refractivity contribution is -0.134. The molecule has 1 saturated carbocycles. The predicted octanol–water partition coefficient (Wildman–Crippen LogP) is 2.84. The van der Waals surface area contributed by atoms with Crippen molar-refractivity contribution in [2.75, 3.05) is 51.1 Å². The Hall–Kier alpha value is -1.92. The van der Waals surface area contributed by atoms with Crippen LogP contribution in [0.3, 0.4) is 0 Å². The molecule has 1 aromatic carbocycles. The number of piperazine rings is 1. The van der Waals surface area contributed by atoms with Gasteiger partial charge in [-0.05, 0) is 49.8 Å². The zero-order chi connectivity index (χ0) is 21.5. The standard InChI is InChI=1S/C24H38N4O2/c1-4-20-7-5-6-8-22(20)25-23(29)17-26-13-15-27(16-14-26)24(30)18-28(21-9-10-21)12-11-19(2)3/h5-8,19,21H,4,9-18H2,1-3H3,(H,25,29). The number of aryl methyl sites for hydroxylation is 1. The molecule has 6 heteroatoms. The van der Waals surface area contributed by atoms with Crippen LogP contribution in [0.2, 0.25) is 0 Å². The average molecular weight is 415 g/mol. The molecule has 0 radical (unpaired) electrons. The number of para-hydroxylation sites is 1. The summed E-state index contributed by atoms with van der Waals surface area (Å²) >= 11 is 0. The number of carbonyl (C=O) groups is 2. The van der Waals surface area contributed by atoms with Crippen molar-refractivity contribution in [3.05, 3.63) is 29.8 Å². The molecule has 0 bridgehead atoms. The zero-order valence-corrected chi connectivity index (χ0v) is 18.9. The second-order valence-electron chi connectivity index (χ2n) is 9.10. The molecule has 0 spiro atoms. The van der Waals surface area contributed by atoms with Crippen molar-refractivity contribution in [1.82, 2.24) is 14.7 Å². The Morgan fingerprint density at radius 3 is 2.47 bits per heavy atom. The van der Waals surface area contributed by atoms with Crippen LogP contribution in [0.5, 0.6) is 0 Å². The summed E-state index contributed by atoms with van der Waals surface area (Å²) in [6.07, 6.45) is 4.50. The highest BCUT2D eigenvalue weighted by atomic mass is 16.2. The Bertz CT molecular complexity index is 709. The minimum atomic E-state index is 0.0178. The van der Waals surface area contributed by atoms with Gasteiger partial charge in [0.05, 0.1) is 13.1 Å². The third-order valence-electron chi connectivity index (χ3n) is 6.16. The number of hydrogen-bond donors (Lipinski definition) is 1. The number of hydrogen-bond acceptors (Lipinski definition) is 4. The van der Waals surface area contributed by atoms with Gasteiger partial charge in [0, 0.05) is 37.9 Å². The van der Waals surface area contributed by atoms with Crippen molar-refractivity contribution in [2.45, 2.75) is 52.5 Å². The number of nitrogens with one attached hydrogen (secondary N) is 1. The van der Waals surface area contributed by atoms with Gasteiger partial charge >= 0.3 is 0 Å².